The van der Waals surface area contributed by atoms with Crippen molar-refractivity contribution >= 4 is 11.7 Å². The Bertz CT molecular complexity index is 395. The van der Waals surface area contributed by atoms with Crippen molar-refractivity contribution in [1.29, 1.82) is 0 Å². The second-order valence-electron chi connectivity index (χ2n) is 4.30. The Morgan fingerprint density at radius 1 is 1.44 bits per heavy atom. The van der Waals surface area contributed by atoms with E-state index in [2.05, 4.69) is 15.3 Å². The van der Waals surface area contributed by atoms with Crippen LogP contribution in [0.3, 0.4) is 0 Å². The van der Waals surface area contributed by atoms with Crippen LogP contribution in [0.2, 0.25) is 0 Å². The number of carbonyl (C=O) groups is 1. The Labute approximate surface area is 93.2 Å². The quantitative estimate of drug-likeness (QED) is 0.805. The molecule has 0 aliphatic carbocycles. The molecule has 3 heterocycles. The first kappa shape index (κ1) is 9.72. The number of anilines is 1. The van der Waals surface area contributed by atoms with Gasteiger partial charge >= 0.3 is 0 Å². The van der Waals surface area contributed by atoms with Crippen LogP contribution >= 0.6 is 0 Å². The number of fused-ring (bicyclic) bond motifs is 2. The molecule has 0 spiro atoms. The highest BCUT2D eigenvalue weighted by Crippen LogP contribution is 2.39. The third kappa shape index (κ3) is 1.67. The van der Waals surface area contributed by atoms with Crippen molar-refractivity contribution in [2.75, 3.05) is 5.32 Å². The molecule has 1 aromatic rings. The Kier molecular flexibility index (Phi) is 2.32. The van der Waals surface area contributed by atoms with Crippen LogP contribution in [-0.4, -0.2) is 28.1 Å². The molecule has 16 heavy (non-hydrogen) atoms. The Morgan fingerprint density at radius 2 is 2.38 bits per heavy atom. The van der Waals surface area contributed by atoms with Crippen LogP contribution in [0.5, 0.6) is 0 Å². The molecule has 1 aromatic heterocycles. The SMILES string of the molecule is O=C(Nc1cnccn1)C1CC2CCC1O2. The van der Waals surface area contributed by atoms with Crippen LogP contribution in [0, 0.1) is 5.92 Å². The van der Waals surface area contributed by atoms with Gasteiger partial charge in [-0.3, -0.25) is 9.78 Å². The van der Waals surface area contributed by atoms with Gasteiger partial charge in [0.05, 0.1) is 24.3 Å². The van der Waals surface area contributed by atoms with Crippen molar-refractivity contribution in [3.05, 3.63) is 18.6 Å². The topological polar surface area (TPSA) is 64.1 Å². The molecule has 3 rings (SSSR count). The minimum absolute atomic E-state index is 0.00713. The molecule has 0 saturated carbocycles. The molecular weight excluding hydrogens is 206 g/mol. The highest BCUT2D eigenvalue weighted by atomic mass is 16.5. The maximum absolute atomic E-state index is 11.9. The monoisotopic (exact) mass is 219 g/mol. The zero-order valence-electron chi connectivity index (χ0n) is 8.80. The third-order valence-corrected chi connectivity index (χ3v) is 3.26. The number of amides is 1. The predicted molar refractivity (Wildman–Crippen MR) is 56.7 cm³/mol. The van der Waals surface area contributed by atoms with E-state index in [9.17, 15) is 4.79 Å². The molecule has 84 valence electrons. The zero-order valence-corrected chi connectivity index (χ0v) is 8.80. The van der Waals surface area contributed by atoms with Crippen LogP contribution in [0.4, 0.5) is 5.82 Å². The van der Waals surface area contributed by atoms with Crippen molar-refractivity contribution in [3.8, 4) is 0 Å². The molecular formula is C11H13N3O2. The summed E-state index contributed by atoms with van der Waals surface area (Å²) in [6, 6.07) is 0. The van der Waals surface area contributed by atoms with E-state index in [-0.39, 0.29) is 17.9 Å². The van der Waals surface area contributed by atoms with Crippen molar-refractivity contribution in [1.82, 2.24) is 9.97 Å². The number of rotatable bonds is 2. The highest BCUT2D eigenvalue weighted by Gasteiger charge is 2.44. The minimum Gasteiger partial charge on any atom is -0.374 e. The van der Waals surface area contributed by atoms with Gasteiger partial charge in [-0.05, 0) is 19.3 Å². The summed E-state index contributed by atoms with van der Waals surface area (Å²) in [7, 11) is 0. The first-order valence-electron chi connectivity index (χ1n) is 5.55. The molecule has 0 radical (unpaired) electrons. The largest absolute Gasteiger partial charge is 0.374 e. The van der Waals surface area contributed by atoms with Gasteiger partial charge in [-0.2, -0.15) is 0 Å². The lowest BCUT2D eigenvalue weighted by Gasteiger charge is -2.17. The van der Waals surface area contributed by atoms with Gasteiger partial charge in [0.1, 0.15) is 0 Å². The summed E-state index contributed by atoms with van der Waals surface area (Å²) in [5.74, 6) is 0.503. The van der Waals surface area contributed by atoms with E-state index >= 15 is 0 Å². The molecule has 1 N–H and O–H groups in total. The first-order chi connectivity index (χ1) is 7.83. The number of hydrogen-bond donors (Lipinski definition) is 1. The number of aromatic nitrogens is 2. The van der Waals surface area contributed by atoms with Crippen molar-refractivity contribution < 1.29 is 9.53 Å². The summed E-state index contributed by atoms with van der Waals surface area (Å²) in [4.78, 5) is 19.9. The zero-order chi connectivity index (χ0) is 11.0. The normalized spacial score (nSPS) is 31.6. The van der Waals surface area contributed by atoms with Crippen LogP contribution in [-0.2, 0) is 9.53 Å². The fourth-order valence-electron chi connectivity index (χ4n) is 2.50. The fraction of sp³-hybridized carbons (Fsp3) is 0.545. The van der Waals surface area contributed by atoms with E-state index in [1.54, 1.807) is 18.6 Å². The summed E-state index contributed by atoms with van der Waals surface area (Å²) in [6.45, 7) is 0. The first-order valence-corrected chi connectivity index (χ1v) is 5.55. The van der Waals surface area contributed by atoms with Crippen molar-refractivity contribution in [3.63, 3.8) is 0 Å². The lowest BCUT2D eigenvalue weighted by Crippen LogP contribution is -2.30. The third-order valence-electron chi connectivity index (χ3n) is 3.26. The van der Waals surface area contributed by atoms with E-state index < -0.39 is 0 Å². The van der Waals surface area contributed by atoms with Gasteiger partial charge in [0.25, 0.3) is 0 Å². The minimum atomic E-state index is -0.0132. The Balaban J connectivity index is 1.66. The number of carbonyl (C=O) groups excluding carboxylic acids is 1. The van der Waals surface area contributed by atoms with Crippen LogP contribution in [0.25, 0.3) is 0 Å². The van der Waals surface area contributed by atoms with Gasteiger partial charge in [0.15, 0.2) is 5.82 Å². The lowest BCUT2D eigenvalue weighted by atomic mass is 9.88. The van der Waals surface area contributed by atoms with Gasteiger partial charge in [0, 0.05) is 12.4 Å². The van der Waals surface area contributed by atoms with Crippen LogP contribution in [0.1, 0.15) is 19.3 Å². The average Bonchev–Trinajstić information content (AvgIpc) is 2.92. The molecule has 2 bridgehead atoms. The molecule has 1 amide bonds. The highest BCUT2D eigenvalue weighted by molar-refractivity contribution is 5.92. The maximum Gasteiger partial charge on any atom is 0.231 e. The second kappa shape index (κ2) is 3.83. The summed E-state index contributed by atoms with van der Waals surface area (Å²) in [5, 5.41) is 2.78. The molecule has 3 unspecified atom stereocenters. The van der Waals surface area contributed by atoms with Crippen molar-refractivity contribution in [2.45, 2.75) is 31.5 Å². The summed E-state index contributed by atoms with van der Waals surface area (Å²) < 4.78 is 5.65. The van der Waals surface area contributed by atoms with E-state index in [1.807, 2.05) is 0 Å². The molecule has 2 aliphatic rings. The molecule has 5 nitrogen and oxygen atoms in total. The molecule has 2 aliphatic heterocycles. The molecule has 2 saturated heterocycles. The summed E-state index contributed by atoms with van der Waals surface area (Å²) in [5.41, 5.74) is 0. The number of hydrogen-bond acceptors (Lipinski definition) is 4. The standard InChI is InChI=1S/C11H13N3O2/c15-11(14-10-6-12-3-4-13-10)8-5-7-1-2-9(8)16-7/h3-4,6-9H,1-2,5H2,(H,13,14,15). The van der Waals surface area contributed by atoms with E-state index in [0.717, 1.165) is 19.3 Å². The van der Waals surface area contributed by atoms with E-state index in [4.69, 9.17) is 4.74 Å². The molecule has 3 atom stereocenters. The molecule has 5 heteroatoms. The smallest absolute Gasteiger partial charge is 0.231 e. The van der Waals surface area contributed by atoms with Gasteiger partial charge in [-0.15, -0.1) is 0 Å². The summed E-state index contributed by atoms with van der Waals surface area (Å²) in [6.07, 6.45) is 8.04. The van der Waals surface area contributed by atoms with Crippen LogP contribution < -0.4 is 5.32 Å². The predicted octanol–water partition coefficient (Wildman–Crippen LogP) is 0.983. The summed E-state index contributed by atoms with van der Waals surface area (Å²) >= 11 is 0. The molecule has 0 aromatic carbocycles. The van der Waals surface area contributed by atoms with Gasteiger partial charge in [-0.1, -0.05) is 0 Å². The molecule has 2 fully saturated rings. The van der Waals surface area contributed by atoms with E-state index in [1.165, 1.54) is 0 Å². The van der Waals surface area contributed by atoms with Gasteiger partial charge in [0.2, 0.25) is 5.91 Å². The van der Waals surface area contributed by atoms with E-state index in [0.29, 0.717) is 11.9 Å². The van der Waals surface area contributed by atoms with Gasteiger partial charge < -0.3 is 10.1 Å². The number of nitrogens with zero attached hydrogens (tertiary/aromatic N) is 2. The number of ether oxygens (including phenoxy) is 1. The van der Waals surface area contributed by atoms with Crippen LogP contribution in [0.15, 0.2) is 18.6 Å². The lowest BCUT2D eigenvalue weighted by molar-refractivity contribution is -0.121. The van der Waals surface area contributed by atoms with Crippen molar-refractivity contribution in [2.24, 2.45) is 5.92 Å². The number of nitrogens with one attached hydrogen (secondary N) is 1. The Hall–Kier alpha value is -1.49. The Morgan fingerprint density at radius 3 is 3.00 bits per heavy atom. The fourth-order valence-corrected chi connectivity index (χ4v) is 2.50. The average molecular weight is 219 g/mol. The second-order valence-corrected chi connectivity index (χ2v) is 4.30. The van der Waals surface area contributed by atoms with Gasteiger partial charge in [-0.25, -0.2) is 4.98 Å². The maximum atomic E-state index is 11.9.